The Morgan fingerprint density at radius 3 is 2.37 bits per heavy atom. The van der Waals surface area contributed by atoms with E-state index in [2.05, 4.69) is 105 Å². The average molecular weight is 989 g/mol. The Labute approximate surface area is 359 Å². The third-order valence-electron chi connectivity index (χ3n) is 9.70. The number of furan rings is 1. The molecule has 0 aliphatic heterocycles. The minimum atomic E-state index is -2.32. The fourth-order valence-corrected chi connectivity index (χ4v) is 10.0. The standard InChI is InChI=1S/C31H20N3O.C19H26GeN.Ir/c1-20-18-19-24-23-13-9-14-25(29(23)35-31(24)32-20)30-33-26-15-6-8-17-28(26)34(30)27-16-7-5-12-22(27)21-10-3-2-4-11-21;1-14(2)11-17-12-19(16-9-7-15(3)8-10-16)21-13-18(17)20(4,5)6;/h2-13,15-19H,1H3;7-9,12-14H,11H2,1-6H3;/q2*-1;/i;3D3,11D2;. The number of nitrogens with zero attached hydrogens (tertiary/aromatic N) is 4. The maximum absolute atomic E-state index is 8.60. The largest absolute Gasteiger partial charge is 0 e. The maximum Gasteiger partial charge on any atom is 0 e. The SMILES string of the molecule is Cc1ccc2c(n1)oc1c(-c3nc4ccccc4n3-c3ccccc3-c3ccccc3)[c-]ccc12.[2H]C([2H])([2H])c1c[c-]c(-c2cc(C([2H])([2H])C(C)C)[c]([Ge]([CH3])([CH3])[CH3])cn2)cc1.[Ir]. The molecule has 0 saturated carbocycles. The van der Waals surface area contributed by atoms with Crippen LogP contribution in [0.3, 0.4) is 0 Å². The fraction of sp³-hybridized carbons (Fsp3) is 0.180. The van der Waals surface area contributed by atoms with E-state index in [9.17, 15) is 0 Å². The molecule has 5 nitrogen and oxygen atoms in total. The molecule has 7 heteroatoms. The van der Waals surface area contributed by atoms with Gasteiger partial charge in [-0.15, -0.1) is 18.2 Å². The maximum atomic E-state index is 8.60. The van der Waals surface area contributed by atoms with Crippen molar-refractivity contribution in [3.63, 3.8) is 0 Å². The molecular formula is C50H46GeIrN4O-2. The molecule has 5 aromatic carbocycles. The molecule has 1 radical (unpaired) electrons. The summed E-state index contributed by atoms with van der Waals surface area (Å²) in [6.45, 7) is 3.58. The van der Waals surface area contributed by atoms with Crippen molar-refractivity contribution in [2.75, 3.05) is 0 Å². The van der Waals surface area contributed by atoms with Gasteiger partial charge in [-0.3, -0.25) is 4.98 Å². The summed E-state index contributed by atoms with van der Waals surface area (Å²) in [7, 11) is 0. The van der Waals surface area contributed by atoms with Crippen molar-refractivity contribution in [1.82, 2.24) is 19.5 Å². The van der Waals surface area contributed by atoms with E-state index >= 15 is 0 Å². The Balaban J connectivity index is 0.000000193. The van der Waals surface area contributed by atoms with Gasteiger partial charge in [0.2, 0.25) is 5.71 Å². The number of pyridine rings is 2. The molecule has 4 heterocycles. The first-order valence-electron chi connectivity index (χ1n) is 21.4. The number of imidazole rings is 1. The van der Waals surface area contributed by atoms with Crippen LogP contribution in [-0.2, 0) is 26.5 Å². The van der Waals surface area contributed by atoms with E-state index < -0.39 is 26.5 Å². The van der Waals surface area contributed by atoms with Crippen LogP contribution in [0.25, 0.3) is 72.6 Å². The second-order valence-electron chi connectivity index (χ2n) is 15.3. The molecule has 0 unspecified atom stereocenters. The number of hydrogen-bond acceptors (Lipinski definition) is 4. The van der Waals surface area contributed by atoms with Gasteiger partial charge in [-0.2, -0.15) is 0 Å². The van der Waals surface area contributed by atoms with Crippen LogP contribution < -0.4 is 4.40 Å². The van der Waals surface area contributed by atoms with E-state index in [1.807, 2.05) is 75.5 Å². The Hall–Kier alpha value is -5.14. The Morgan fingerprint density at radius 1 is 0.842 bits per heavy atom. The number of rotatable bonds is 7. The van der Waals surface area contributed by atoms with E-state index in [1.54, 1.807) is 12.1 Å². The van der Waals surface area contributed by atoms with Crippen LogP contribution in [0.15, 0.2) is 138 Å². The molecule has 287 valence electrons. The predicted octanol–water partition coefficient (Wildman–Crippen LogP) is 12.4. The monoisotopic (exact) mass is 990 g/mol. The van der Waals surface area contributed by atoms with E-state index in [0.717, 1.165) is 65.7 Å². The Bertz CT molecular complexity index is 3030. The molecule has 0 fully saturated rings. The summed E-state index contributed by atoms with van der Waals surface area (Å²) >= 11 is -2.32. The van der Waals surface area contributed by atoms with Gasteiger partial charge in [0.25, 0.3) is 0 Å². The first-order valence-corrected chi connectivity index (χ1v) is 26.2. The van der Waals surface area contributed by atoms with Crippen molar-refractivity contribution in [3.05, 3.63) is 163 Å². The van der Waals surface area contributed by atoms with Crippen LogP contribution in [0, 0.1) is 31.8 Å². The number of aromatic nitrogens is 4. The van der Waals surface area contributed by atoms with Gasteiger partial charge in [0.15, 0.2) is 0 Å². The predicted molar refractivity (Wildman–Crippen MR) is 235 cm³/mol. The van der Waals surface area contributed by atoms with Crippen molar-refractivity contribution in [1.29, 1.82) is 0 Å². The summed E-state index contributed by atoms with van der Waals surface area (Å²) < 4.78 is 49.2. The quantitative estimate of drug-likeness (QED) is 0.118. The zero-order chi connectivity index (χ0) is 43.3. The number of para-hydroxylation sites is 3. The van der Waals surface area contributed by atoms with Crippen LogP contribution in [0.2, 0.25) is 17.3 Å². The molecule has 0 bridgehead atoms. The van der Waals surface area contributed by atoms with Crippen LogP contribution in [-0.4, -0.2) is 32.8 Å². The smallest absolute Gasteiger partial charge is 0 e. The van der Waals surface area contributed by atoms with Crippen molar-refractivity contribution in [2.24, 2.45) is 5.92 Å². The van der Waals surface area contributed by atoms with Crippen LogP contribution >= 0.6 is 0 Å². The molecule has 4 aromatic heterocycles. The number of benzene rings is 5. The van der Waals surface area contributed by atoms with Gasteiger partial charge in [-0.05, 0) is 42.8 Å². The Kier molecular flexibility index (Phi) is 9.98. The molecule has 0 amide bonds. The van der Waals surface area contributed by atoms with Gasteiger partial charge in [0.05, 0.1) is 22.4 Å². The molecule has 9 rings (SSSR count). The molecule has 0 saturated heterocycles. The third-order valence-corrected chi connectivity index (χ3v) is 13.9. The van der Waals surface area contributed by atoms with Gasteiger partial charge >= 0.3 is 139 Å². The van der Waals surface area contributed by atoms with Gasteiger partial charge in [-0.1, -0.05) is 71.6 Å². The summed E-state index contributed by atoms with van der Waals surface area (Å²) in [6.07, 6.45) is 0.362. The van der Waals surface area contributed by atoms with E-state index in [0.29, 0.717) is 22.5 Å². The summed E-state index contributed by atoms with van der Waals surface area (Å²) in [5.74, 6) is 7.31. The van der Waals surface area contributed by atoms with Crippen LogP contribution in [0.4, 0.5) is 0 Å². The summed E-state index contributed by atoms with van der Waals surface area (Å²) in [5.41, 5.74) is 10.6. The average Bonchev–Trinajstić information content (AvgIpc) is 3.81. The number of aryl methyl sites for hydroxylation is 2. The van der Waals surface area contributed by atoms with E-state index in [1.165, 1.54) is 6.07 Å². The molecular weight excluding hydrogens is 937 g/mol. The van der Waals surface area contributed by atoms with Crippen molar-refractivity contribution in [2.45, 2.75) is 51.3 Å². The molecule has 0 aliphatic rings. The van der Waals surface area contributed by atoms with Gasteiger partial charge in [-0.25, -0.2) is 4.98 Å². The summed E-state index contributed by atoms with van der Waals surface area (Å²) in [4.78, 5) is 14.2. The van der Waals surface area contributed by atoms with Crippen LogP contribution in [0.5, 0.6) is 0 Å². The van der Waals surface area contributed by atoms with Crippen molar-refractivity contribution >= 4 is 50.8 Å². The van der Waals surface area contributed by atoms with Gasteiger partial charge < -0.3 is 8.98 Å². The minimum absolute atomic E-state index is 0. The molecule has 57 heavy (non-hydrogen) atoms. The second kappa shape index (κ2) is 16.8. The van der Waals surface area contributed by atoms with Crippen LogP contribution in [0.1, 0.15) is 37.5 Å². The molecule has 0 spiro atoms. The summed E-state index contributed by atoms with van der Waals surface area (Å²) in [5, 5.41) is 2.00. The summed E-state index contributed by atoms with van der Waals surface area (Å²) in [6, 6.07) is 48.1. The third kappa shape index (κ3) is 8.31. The fourth-order valence-electron chi connectivity index (χ4n) is 7.06. The molecule has 0 aliphatic carbocycles. The zero-order valence-electron chi connectivity index (χ0n) is 37.8. The first kappa shape index (κ1) is 34.0. The number of hydrogen-bond donors (Lipinski definition) is 0. The molecule has 9 aromatic rings. The van der Waals surface area contributed by atoms with Gasteiger partial charge in [0, 0.05) is 42.4 Å². The van der Waals surface area contributed by atoms with E-state index in [-0.39, 0.29) is 31.6 Å². The van der Waals surface area contributed by atoms with Crippen molar-refractivity contribution < 1.29 is 31.4 Å². The first-order chi connectivity index (χ1) is 29.0. The van der Waals surface area contributed by atoms with Gasteiger partial charge in [0.1, 0.15) is 0 Å². The topological polar surface area (TPSA) is 56.7 Å². The Morgan fingerprint density at radius 2 is 1.61 bits per heavy atom. The molecule has 0 atom stereocenters. The number of fused-ring (bicyclic) bond motifs is 4. The van der Waals surface area contributed by atoms with Crippen molar-refractivity contribution in [3.8, 4) is 39.5 Å². The normalized spacial score (nSPS) is 13.3. The van der Waals surface area contributed by atoms with E-state index in [4.69, 9.17) is 16.3 Å². The second-order valence-corrected chi connectivity index (χ2v) is 25.9. The zero-order valence-corrected chi connectivity index (χ0v) is 37.3. The minimum Gasteiger partial charge on any atom is 0 e. The molecule has 0 N–H and O–H groups in total.